The minimum Gasteiger partial charge on any atom is -0.388 e. The van der Waals surface area contributed by atoms with E-state index in [0.717, 1.165) is 12.2 Å². The SMILES string of the molecule is CC(=O)N1C(C)CN(c2ccc(C(C)C)cc2)CC1C(C)(C)O. The Hall–Kier alpha value is -1.55. The number of carbonyl (C=O) groups excluding carboxylic acids is 1. The first-order valence-corrected chi connectivity index (χ1v) is 8.47. The average molecular weight is 318 g/mol. The summed E-state index contributed by atoms with van der Waals surface area (Å²) in [5.41, 5.74) is 1.54. The zero-order valence-corrected chi connectivity index (χ0v) is 15.2. The highest BCUT2D eigenvalue weighted by molar-refractivity contribution is 5.74. The van der Waals surface area contributed by atoms with Crippen LogP contribution in [0.15, 0.2) is 24.3 Å². The number of hydrogen-bond donors (Lipinski definition) is 1. The van der Waals surface area contributed by atoms with Crippen LogP contribution in [0.4, 0.5) is 5.69 Å². The van der Waals surface area contributed by atoms with Crippen molar-refractivity contribution in [2.24, 2.45) is 0 Å². The van der Waals surface area contributed by atoms with E-state index in [1.165, 1.54) is 5.56 Å². The summed E-state index contributed by atoms with van der Waals surface area (Å²) < 4.78 is 0. The Labute approximate surface area is 140 Å². The standard InChI is InChI=1S/C19H30N2O2/c1-13(2)16-7-9-17(10-8-16)20-11-14(3)21(15(4)22)18(12-20)19(5,6)23/h7-10,13-14,18,23H,11-12H2,1-6H3. The topological polar surface area (TPSA) is 43.8 Å². The van der Waals surface area contributed by atoms with Gasteiger partial charge in [0.25, 0.3) is 0 Å². The number of aliphatic hydroxyl groups is 1. The van der Waals surface area contributed by atoms with Crippen LogP contribution in [0.3, 0.4) is 0 Å². The van der Waals surface area contributed by atoms with Crippen molar-refractivity contribution in [2.45, 2.75) is 65.1 Å². The zero-order chi connectivity index (χ0) is 17.4. The number of piperazine rings is 1. The molecular weight excluding hydrogens is 288 g/mol. The van der Waals surface area contributed by atoms with Crippen LogP contribution < -0.4 is 4.90 Å². The first-order chi connectivity index (χ1) is 10.6. The fourth-order valence-corrected chi connectivity index (χ4v) is 3.46. The van der Waals surface area contributed by atoms with E-state index in [9.17, 15) is 9.90 Å². The number of nitrogens with zero attached hydrogens (tertiary/aromatic N) is 2. The third-order valence-corrected chi connectivity index (χ3v) is 4.79. The molecule has 4 nitrogen and oxygen atoms in total. The molecule has 1 heterocycles. The van der Waals surface area contributed by atoms with E-state index < -0.39 is 5.60 Å². The Morgan fingerprint density at radius 3 is 2.22 bits per heavy atom. The van der Waals surface area contributed by atoms with Crippen LogP contribution >= 0.6 is 0 Å². The maximum atomic E-state index is 12.0. The summed E-state index contributed by atoms with van der Waals surface area (Å²) in [6.45, 7) is 13.0. The molecule has 0 saturated carbocycles. The summed E-state index contributed by atoms with van der Waals surface area (Å²) in [6.07, 6.45) is 0. The largest absolute Gasteiger partial charge is 0.388 e. The smallest absolute Gasteiger partial charge is 0.220 e. The van der Waals surface area contributed by atoms with Crippen molar-refractivity contribution in [2.75, 3.05) is 18.0 Å². The van der Waals surface area contributed by atoms with Gasteiger partial charge in [-0.1, -0.05) is 26.0 Å². The Bertz CT molecular complexity index is 545. The van der Waals surface area contributed by atoms with Gasteiger partial charge in [-0.15, -0.1) is 0 Å². The van der Waals surface area contributed by atoms with E-state index in [2.05, 4.69) is 49.9 Å². The third-order valence-electron chi connectivity index (χ3n) is 4.79. The molecule has 1 aliphatic rings. The number of hydrogen-bond acceptors (Lipinski definition) is 3. The quantitative estimate of drug-likeness (QED) is 0.932. The van der Waals surface area contributed by atoms with Crippen LogP contribution in [-0.2, 0) is 4.79 Å². The molecule has 1 aliphatic heterocycles. The molecule has 0 radical (unpaired) electrons. The molecule has 0 aromatic heterocycles. The van der Waals surface area contributed by atoms with Gasteiger partial charge >= 0.3 is 0 Å². The van der Waals surface area contributed by atoms with Gasteiger partial charge in [0.15, 0.2) is 0 Å². The highest BCUT2D eigenvalue weighted by atomic mass is 16.3. The highest BCUT2D eigenvalue weighted by Crippen LogP contribution is 2.29. The molecule has 1 N–H and O–H groups in total. The van der Waals surface area contributed by atoms with Crippen molar-refractivity contribution in [1.29, 1.82) is 0 Å². The van der Waals surface area contributed by atoms with Crippen molar-refractivity contribution in [3.8, 4) is 0 Å². The molecule has 1 saturated heterocycles. The van der Waals surface area contributed by atoms with Crippen molar-refractivity contribution in [3.63, 3.8) is 0 Å². The molecule has 1 amide bonds. The highest BCUT2D eigenvalue weighted by Gasteiger charge is 2.41. The lowest BCUT2D eigenvalue weighted by molar-refractivity contribution is -0.141. The molecule has 0 bridgehead atoms. The molecule has 128 valence electrons. The van der Waals surface area contributed by atoms with E-state index in [-0.39, 0.29) is 18.0 Å². The first-order valence-electron chi connectivity index (χ1n) is 8.47. The lowest BCUT2D eigenvalue weighted by atomic mass is 9.92. The number of carbonyl (C=O) groups is 1. The predicted molar refractivity (Wildman–Crippen MR) is 94.8 cm³/mol. The lowest BCUT2D eigenvalue weighted by Crippen LogP contribution is -2.65. The van der Waals surface area contributed by atoms with Crippen LogP contribution in [0.25, 0.3) is 0 Å². The summed E-state index contributed by atoms with van der Waals surface area (Å²) >= 11 is 0. The molecular formula is C19H30N2O2. The second-order valence-corrected chi connectivity index (χ2v) is 7.60. The summed E-state index contributed by atoms with van der Waals surface area (Å²) in [5, 5.41) is 10.5. The molecule has 2 atom stereocenters. The van der Waals surface area contributed by atoms with Crippen LogP contribution in [-0.4, -0.2) is 46.7 Å². The monoisotopic (exact) mass is 318 g/mol. The van der Waals surface area contributed by atoms with E-state index in [0.29, 0.717) is 12.5 Å². The Balaban J connectivity index is 2.26. The van der Waals surface area contributed by atoms with Gasteiger partial charge in [0.1, 0.15) is 0 Å². The second kappa shape index (κ2) is 6.52. The van der Waals surface area contributed by atoms with Crippen LogP contribution in [0, 0.1) is 0 Å². The Kier molecular flexibility index (Phi) is 5.04. The molecule has 2 unspecified atom stereocenters. The van der Waals surface area contributed by atoms with Gasteiger partial charge in [0, 0.05) is 31.7 Å². The maximum Gasteiger partial charge on any atom is 0.220 e. The Morgan fingerprint density at radius 2 is 1.78 bits per heavy atom. The molecule has 2 rings (SSSR count). The molecule has 0 spiro atoms. The van der Waals surface area contributed by atoms with E-state index in [1.54, 1.807) is 20.8 Å². The summed E-state index contributed by atoms with van der Waals surface area (Å²) in [7, 11) is 0. The molecule has 0 aliphatic carbocycles. The van der Waals surface area contributed by atoms with Crippen molar-refractivity contribution >= 4 is 11.6 Å². The van der Waals surface area contributed by atoms with Crippen LogP contribution in [0.5, 0.6) is 0 Å². The predicted octanol–water partition coefficient (Wildman–Crippen LogP) is 3.01. The van der Waals surface area contributed by atoms with Gasteiger partial charge in [-0.05, 0) is 44.4 Å². The Morgan fingerprint density at radius 1 is 1.22 bits per heavy atom. The molecule has 1 fully saturated rings. The van der Waals surface area contributed by atoms with Gasteiger partial charge in [0.2, 0.25) is 5.91 Å². The molecule has 4 heteroatoms. The fourth-order valence-electron chi connectivity index (χ4n) is 3.46. The second-order valence-electron chi connectivity index (χ2n) is 7.60. The van der Waals surface area contributed by atoms with E-state index >= 15 is 0 Å². The maximum absolute atomic E-state index is 12.0. The van der Waals surface area contributed by atoms with E-state index in [1.807, 2.05) is 4.90 Å². The fraction of sp³-hybridized carbons (Fsp3) is 0.632. The van der Waals surface area contributed by atoms with Gasteiger partial charge < -0.3 is 14.9 Å². The first kappa shape index (κ1) is 17.8. The minimum absolute atomic E-state index is 0.0273. The molecule has 23 heavy (non-hydrogen) atoms. The summed E-state index contributed by atoms with van der Waals surface area (Å²) in [4.78, 5) is 16.1. The van der Waals surface area contributed by atoms with Gasteiger partial charge in [-0.2, -0.15) is 0 Å². The zero-order valence-electron chi connectivity index (χ0n) is 15.2. The minimum atomic E-state index is -0.934. The van der Waals surface area contributed by atoms with Gasteiger partial charge in [0.05, 0.1) is 11.6 Å². The van der Waals surface area contributed by atoms with E-state index in [4.69, 9.17) is 0 Å². The average Bonchev–Trinajstić information content (AvgIpc) is 2.45. The van der Waals surface area contributed by atoms with Crippen molar-refractivity contribution in [3.05, 3.63) is 29.8 Å². The number of amides is 1. The number of anilines is 1. The molecule has 1 aromatic carbocycles. The van der Waals surface area contributed by atoms with Crippen LogP contribution in [0.1, 0.15) is 53.0 Å². The third kappa shape index (κ3) is 3.86. The number of rotatable bonds is 3. The van der Waals surface area contributed by atoms with Crippen molar-refractivity contribution in [1.82, 2.24) is 4.90 Å². The van der Waals surface area contributed by atoms with Crippen molar-refractivity contribution < 1.29 is 9.90 Å². The van der Waals surface area contributed by atoms with Crippen LogP contribution in [0.2, 0.25) is 0 Å². The normalized spacial score (nSPS) is 22.6. The van der Waals surface area contributed by atoms with Gasteiger partial charge in [-0.3, -0.25) is 4.79 Å². The van der Waals surface area contributed by atoms with Gasteiger partial charge in [-0.25, -0.2) is 0 Å². The summed E-state index contributed by atoms with van der Waals surface area (Å²) in [5.74, 6) is 0.543. The summed E-state index contributed by atoms with van der Waals surface area (Å²) in [6, 6.07) is 8.48. The number of benzene rings is 1. The lowest BCUT2D eigenvalue weighted by Gasteiger charge is -2.50. The molecule has 1 aromatic rings.